The normalized spacial score (nSPS) is 10.9. The van der Waals surface area contributed by atoms with Gasteiger partial charge in [-0.05, 0) is 48.6 Å². The summed E-state index contributed by atoms with van der Waals surface area (Å²) < 4.78 is 7.63. The quantitative estimate of drug-likeness (QED) is 0.692. The Hall–Kier alpha value is -2.22. The molecule has 0 N–H and O–H groups in total. The molecule has 0 saturated carbocycles. The number of aromatic nitrogens is 1. The van der Waals surface area contributed by atoms with Gasteiger partial charge in [0.2, 0.25) is 0 Å². The van der Waals surface area contributed by atoms with Crippen LogP contribution in [-0.4, -0.2) is 11.7 Å². The van der Waals surface area contributed by atoms with Gasteiger partial charge >= 0.3 is 0 Å². The van der Waals surface area contributed by atoms with Gasteiger partial charge in [-0.3, -0.25) is 0 Å². The second kappa shape index (κ2) is 5.41. The van der Waals surface area contributed by atoms with Gasteiger partial charge in [-0.2, -0.15) is 0 Å². The Morgan fingerprint density at radius 1 is 1.05 bits per heavy atom. The van der Waals surface area contributed by atoms with Crippen LogP contribution in [0.2, 0.25) is 0 Å². The lowest BCUT2D eigenvalue weighted by molar-refractivity contribution is 0.414. The molecule has 0 atom stereocenters. The number of rotatable bonds is 4. The Kier molecular flexibility index (Phi) is 3.46. The van der Waals surface area contributed by atoms with Crippen molar-refractivity contribution in [1.82, 2.24) is 4.57 Å². The Morgan fingerprint density at radius 2 is 1.90 bits per heavy atom. The molecular weight excluding hydrogens is 246 g/mol. The van der Waals surface area contributed by atoms with Gasteiger partial charge in [0, 0.05) is 17.8 Å². The summed E-state index contributed by atoms with van der Waals surface area (Å²) in [5, 5.41) is 1.27. The van der Waals surface area contributed by atoms with E-state index in [0.717, 1.165) is 18.7 Å². The van der Waals surface area contributed by atoms with Crippen molar-refractivity contribution in [3.8, 4) is 5.75 Å². The van der Waals surface area contributed by atoms with E-state index in [1.165, 1.54) is 22.2 Å². The van der Waals surface area contributed by atoms with E-state index in [2.05, 4.69) is 54.0 Å². The van der Waals surface area contributed by atoms with Crippen LogP contribution < -0.4 is 4.74 Å². The molecule has 1 heterocycles. The van der Waals surface area contributed by atoms with E-state index < -0.39 is 0 Å². The average molecular weight is 264 g/mol. The predicted molar refractivity (Wildman–Crippen MR) is 83.1 cm³/mol. The Balaban J connectivity index is 2.04. The molecule has 0 amide bonds. The molecule has 0 unspecified atom stereocenters. The molecule has 0 aliphatic heterocycles. The molecule has 0 fully saturated rings. The molecular formula is C18H18NO. The summed E-state index contributed by atoms with van der Waals surface area (Å²) in [6.45, 7) is 4.88. The van der Waals surface area contributed by atoms with Crippen molar-refractivity contribution in [2.24, 2.45) is 0 Å². The lowest BCUT2D eigenvalue weighted by Crippen LogP contribution is -2.03. The third-order valence-corrected chi connectivity index (χ3v) is 3.63. The number of ether oxygens (including phenoxy) is 1. The number of para-hydroxylation sites is 1. The fraction of sp³-hybridized carbons (Fsp3) is 0.167. The maximum absolute atomic E-state index is 5.30. The van der Waals surface area contributed by atoms with Crippen LogP contribution in [0.3, 0.4) is 0 Å². The first kappa shape index (κ1) is 12.8. The first-order valence-electron chi connectivity index (χ1n) is 6.81. The molecule has 0 aliphatic carbocycles. The summed E-state index contributed by atoms with van der Waals surface area (Å²) in [6.07, 6.45) is 0.790. The minimum atomic E-state index is 0.790. The number of nitrogens with zero attached hydrogens (tertiary/aromatic N) is 1. The van der Waals surface area contributed by atoms with Gasteiger partial charge in [0.05, 0.1) is 7.11 Å². The minimum absolute atomic E-state index is 0.790. The van der Waals surface area contributed by atoms with E-state index in [4.69, 9.17) is 4.74 Å². The van der Waals surface area contributed by atoms with Gasteiger partial charge in [-0.15, -0.1) is 0 Å². The molecule has 0 saturated heterocycles. The molecule has 20 heavy (non-hydrogen) atoms. The first-order valence-corrected chi connectivity index (χ1v) is 6.81. The lowest BCUT2D eigenvalue weighted by atomic mass is 10.2. The van der Waals surface area contributed by atoms with Gasteiger partial charge in [0.1, 0.15) is 5.75 Å². The summed E-state index contributed by atoms with van der Waals surface area (Å²) >= 11 is 0. The van der Waals surface area contributed by atoms with E-state index in [1.807, 2.05) is 12.1 Å². The zero-order valence-corrected chi connectivity index (χ0v) is 11.7. The van der Waals surface area contributed by atoms with E-state index in [-0.39, 0.29) is 0 Å². The van der Waals surface area contributed by atoms with Crippen LogP contribution >= 0.6 is 0 Å². The van der Waals surface area contributed by atoms with Crippen LogP contribution in [0.4, 0.5) is 0 Å². The van der Waals surface area contributed by atoms with Crippen LogP contribution in [0.1, 0.15) is 11.3 Å². The Bertz CT molecular complexity index is 727. The van der Waals surface area contributed by atoms with Crippen molar-refractivity contribution in [3.63, 3.8) is 0 Å². The van der Waals surface area contributed by atoms with E-state index in [9.17, 15) is 0 Å². The third kappa shape index (κ3) is 2.29. The van der Waals surface area contributed by atoms with Crippen LogP contribution in [-0.2, 0) is 13.0 Å². The van der Waals surface area contributed by atoms with Crippen molar-refractivity contribution in [2.45, 2.75) is 13.0 Å². The molecule has 3 aromatic rings. The van der Waals surface area contributed by atoms with E-state index >= 15 is 0 Å². The summed E-state index contributed by atoms with van der Waals surface area (Å²) in [7, 11) is 1.70. The largest absolute Gasteiger partial charge is 0.497 e. The van der Waals surface area contributed by atoms with Crippen molar-refractivity contribution >= 4 is 10.9 Å². The molecule has 2 aromatic carbocycles. The molecule has 3 rings (SSSR count). The molecule has 2 nitrogen and oxygen atoms in total. The zero-order valence-electron chi connectivity index (χ0n) is 11.7. The van der Waals surface area contributed by atoms with Gasteiger partial charge in [-0.25, -0.2) is 0 Å². The molecule has 0 bridgehead atoms. The minimum Gasteiger partial charge on any atom is -0.497 e. The molecule has 101 valence electrons. The monoisotopic (exact) mass is 264 g/mol. The maximum atomic E-state index is 5.30. The average Bonchev–Trinajstić information content (AvgIpc) is 2.85. The summed E-state index contributed by atoms with van der Waals surface area (Å²) in [6, 6.07) is 18.9. The molecule has 1 aromatic heterocycles. The number of benzene rings is 2. The Labute approximate surface area is 119 Å². The van der Waals surface area contributed by atoms with Crippen molar-refractivity contribution in [1.29, 1.82) is 0 Å². The highest BCUT2D eigenvalue weighted by Crippen LogP contribution is 2.22. The Morgan fingerprint density at radius 3 is 2.70 bits per heavy atom. The number of fused-ring (bicyclic) bond motifs is 1. The number of hydrogen-bond donors (Lipinski definition) is 0. The zero-order chi connectivity index (χ0) is 13.9. The lowest BCUT2D eigenvalue weighted by Gasteiger charge is -2.11. The van der Waals surface area contributed by atoms with Gasteiger partial charge in [-0.1, -0.05) is 30.3 Å². The van der Waals surface area contributed by atoms with Gasteiger partial charge in [0.25, 0.3) is 0 Å². The highest BCUT2D eigenvalue weighted by Gasteiger charge is 2.07. The van der Waals surface area contributed by atoms with E-state index in [0.29, 0.717) is 0 Å². The first-order chi connectivity index (χ1) is 9.81. The van der Waals surface area contributed by atoms with Crippen LogP contribution in [0.5, 0.6) is 5.75 Å². The van der Waals surface area contributed by atoms with Gasteiger partial charge in [0.15, 0.2) is 0 Å². The van der Waals surface area contributed by atoms with Crippen LogP contribution in [0.25, 0.3) is 10.9 Å². The SMILES string of the molecule is [CH2]Cc1cc2ccccc2n1Cc1cccc(OC)c1. The third-order valence-electron chi connectivity index (χ3n) is 3.63. The highest BCUT2D eigenvalue weighted by atomic mass is 16.5. The fourth-order valence-corrected chi connectivity index (χ4v) is 2.61. The standard InChI is InChI=1S/C18H18NO/c1-3-16-12-15-8-4-5-10-18(15)19(16)13-14-7-6-9-17(11-14)20-2/h4-12H,1,3,13H2,2H3. The fourth-order valence-electron chi connectivity index (χ4n) is 2.61. The second-order valence-corrected chi connectivity index (χ2v) is 4.88. The topological polar surface area (TPSA) is 14.2 Å². The summed E-state index contributed by atoms with van der Waals surface area (Å²) in [4.78, 5) is 0. The summed E-state index contributed by atoms with van der Waals surface area (Å²) in [5.74, 6) is 0.898. The van der Waals surface area contributed by atoms with Crippen molar-refractivity contribution in [3.05, 3.63) is 72.8 Å². The molecule has 0 aliphatic rings. The number of methoxy groups -OCH3 is 1. The van der Waals surface area contributed by atoms with Crippen molar-refractivity contribution < 1.29 is 4.74 Å². The highest BCUT2D eigenvalue weighted by molar-refractivity contribution is 5.81. The smallest absolute Gasteiger partial charge is 0.119 e. The second-order valence-electron chi connectivity index (χ2n) is 4.88. The van der Waals surface area contributed by atoms with Crippen molar-refractivity contribution in [2.75, 3.05) is 7.11 Å². The van der Waals surface area contributed by atoms with Crippen LogP contribution in [0, 0.1) is 6.92 Å². The predicted octanol–water partition coefficient (Wildman–Crippen LogP) is 4.07. The molecule has 0 spiro atoms. The van der Waals surface area contributed by atoms with Crippen LogP contribution in [0.15, 0.2) is 54.6 Å². The molecule has 2 heteroatoms. The maximum Gasteiger partial charge on any atom is 0.119 e. The summed E-state index contributed by atoms with van der Waals surface area (Å²) in [5.41, 5.74) is 3.75. The number of hydrogen-bond acceptors (Lipinski definition) is 1. The van der Waals surface area contributed by atoms with E-state index in [1.54, 1.807) is 7.11 Å². The van der Waals surface area contributed by atoms with Gasteiger partial charge < -0.3 is 9.30 Å². The molecule has 1 radical (unpaired) electrons.